The normalized spacial score (nSPS) is 28.0. The number of nitrogens with zero attached hydrogens (tertiary/aromatic N) is 1. The second-order valence-corrected chi connectivity index (χ2v) is 8.30. The summed E-state index contributed by atoms with van der Waals surface area (Å²) >= 11 is 0. The second kappa shape index (κ2) is 4.71. The van der Waals surface area contributed by atoms with Crippen molar-refractivity contribution in [3.63, 3.8) is 0 Å². The molecule has 124 valence electrons. The highest BCUT2D eigenvalue weighted by Crippen LogP contribution is 2.39. The van der Waals surface area contributed by atoms with Gasteiger partial charge in [-0.05, 0) is 13.0 Å². The monoisotopic (exact) mass is 343 g/mol. The molecule has 23 heavy (non-hydrogen) atoms. The van der Waals surface area contributed by atoms with Crippen molar-refractivity contribution in [2.75, 3.05) is 19.0 Å². The van der Waals surface area contributed by atoms with Gasteiger partial charge in [0, 0.05) is 17.7 Å². The SMILES string of the molecule is C[C@@]1(c2cc([N+](=O)[O-])ccc2F)CS(=O)(=O)C2(COC2)C(=N)N1. The highest BCUT2D eigenvalue weighted by Gasteiger charge is 2.61. The van der Waals surface area contributed by atoms with Crippen LogP contribution in [0.15, 0.2) is 18.2 Å². The third-order valence-electron chi connectivity index (χ3n) is 4.36. The number of nitrogens with one attached hydrogen (secondary N) is 2. The van der Waals surface area contributed by atoms with E-state index < -0.39 is 36.6 Å². The molecule has 0 aromatic heterocycles. The van der Waals surface area contributed by atoms with Crippen LogP contribution in [-0.4, -0.2) is 42.9 Å². The van der Waals surface area contributed by atoms with E-state index in [1.807, 2.05) is 0 Å². The molecule has 0 unspecified atom stereocenters. The maximum absolute atomic E-state index is 14.2. The van der Waals surface area contributed by atoms with Crippen LogP contribution in [0.1, 0.15) is 12.5 Å². The van der Waals surface area contributed by atoms with Gasteiger partial charge in [-0.15, -0.1) is 0 Å². The molecule has 2 heterocycles. The Morgan fingerprint density at radius 3 is 2.57 bits per heavy atom. The number of sulfone groups is 1. The maximum atomic E-state index is 14.2. The molecule has 0 bridgehead atoms. The van der Waals surface area contributed by atoms with Crippen molar-refractivity contribution < 1.29 is 22.5 Å². The van der Waals surface area contributed by atoms with Crippen LogP contribution in [0.5, 0.6) is 0 Å². The van der Waals surface area contributed by atoms with Crippen LogP contribution < -0.4 is 5.32 Å². The zero-order chi connectivity index (χ0) is 17.0. The molecule has 1 aromatic rings. The highest BCUT2D eigenvalue weighted by molar-refractivity contribution is 7.93. The zero-order valence-corrected chi connectivity index (χ0v) is 12.9. The molecule has 2 saturated heterocycles. The molecule has 0 aliphatic carbocycles. The largest absolute Gasteiger partial charge is 0.377 e. The predicted molar refractivity (Wildman–Crippen MR) is 78.6 cm³/mol. The third kappa shape index (κ3) is 2.12. The molecule has 0 amide bonds. The molecule has 0 radical (unpaired) electrons. The Balaban J connectivity index is 2.09. The summed E-state index contributed by atoms with van der Waals surface area (Å²) in [7, 11) is -3.79. The number of halogens is 1. The Kier molecular flexibility index (Phi) is 3.24. The third-order valence-corrected chi connectivity index (χ3v) is 6.94. The van der Waals surface area contributed by atoms with Gasteiger partial charge >= 0.3 is 0 Å². The summed E-state index contributed by atoms with van der Waals surface area (Å²) in [5, 5.41) is 21.6. The molecule has 2 N–H and O–H groups in total. The smallest absolute Gasteiger partial charge is 0.269 e. The number of benzene rings is 1. The van der Waals surface area contributed by atoms with Crippen LogP contribution in [0.2, 0.25) is 0 Å². The van der Waals surface area contributed by atoms with Gasteiger partial charge in [-0.1, -0.05) is 0 Å². The van der Waals surface area contributed by atoms with E-state index in [1.165, 1.54) is 6.92 Å². The van der Waals surface area contributed by atoms with Crippen molar-refractivity contribution in [1.29, 1.82) is 5.41 Å². The number of nitro benzene ring substituents is 1. The first-order valence-corrected chi connectivity index (χ1v) is 8.38. The van der Waals surface area contributed by atoms with Gasteiger partial charge in [0.25, 0.3) is 5.69 Å². The lowest BCUT2D eigenvalue weighted by atomic mass is 9.90. The van der Waals surface area contributed by atoms with Gasteiger partial charge in [-0.2, -0.15) is 0 Å². The van der Waals surface area contributed by atoms with Crippen LogP contribution in [0, 0.1) is 21.3 Å². The Morgan fingerprint density at radius 1 is 1.43 bits per heavy atom. The number of amidine groups is 1. The second-order valence-electron chi connectivity index (χ2n) is 6.00. The minimum absolute atomic E-state index is 0.116. The quantitative estimate of drug-likeness (QED) is 0.602. The minimum Gasteiger partial charge on any atom is -0.377 e. The fraction of sp³-hybridized carbons (Fsp3) is 0.462. The van der Waals surface area contributed by atoms with Crippen molar-refractivity contribution in [2.24, 2.45) is 0 Å². The Bertz CT molecular complexity index is 821. The van der Waals surface area contributed by atoms with E-state index in [2.05, 4.69) is 5.32 Å². The lowest BCUT2D eigenvalue weighted by Crippen LogP contribution is -2.73. The summed E-state index contributed by atoms with van der Waals surface area (Å²) in [6, 6.07) is 2.93. The number of nitro groups is 1. The first-order valence-electron chi connectivity index (χ1n) is 6.73. The van der Waals surface area contributed by atoms with Gasteiger partial charge < -0.3 is 10.1 Å². The predicted octanol–water partition coefficient (Wildman–Crippen LogP) is 0.713. The molecule has 1 aromatic carbocycles. The summed E-state index contributed by atoms with van der Waals surface area (Å²) in [5.41, 5.74) is -1.97. The van der Waals surface area contributed by atoms with Crippen LogP contribution in [0.25, 0.3) is 0 Å². The standard InChI is InChI=1S/C13H14FN3O5S/c1-12(9-4-8(17(18)19)2-3-10(9)14)7-23(20,21)13(5-22-6-13)11(15)16-12/h2-4H,5-7H2,1H3,(H2,15,16)/t12-/m0/s1. The van der Waals surface area contributed by atoms with Crippen molar-refractivity contribution >= 4 is 21.4 Å². The number of hydrogen-bond donors (Lipinski definition) is 2. The number of rotatable bonds is 2. The summed E-state index contributed by atoms with van der Waals surface area (Å²) in [5.74, 6) is -1.53. The van der Waals surface area contributed by atoms with Gasteiger partial charge in [0.1, 0.15) is 11.7 Å². The van der Waals surface area contributed by atoms with E-state index in [1.54, 1.807) is 0 Å². The molecule has 3 rings (SSSR count). The highest BCUT2D eigenvalue weighted by atomic mass is 32.2. The van der Waals surface area contributed by atoms with Crippen molar-refractivity contribution in [1.82, 2.24) is 5.32 Å². The maximum Gasteiger partial charge on any atom is 0.269 e. The van der Waals surface area contributed by atoms with Crippen LogP contribution in [0.4, 0.5) is 10.1 Å². The average molecular weight is 343 g/mol. The number of non-ortho nitro benzene ring substituents is 1. The van der Waals surface area contributed by atoms with Gasteiger partial charge in [-0.3, -0.25) is 15.5 Å². The lowest BCUT2D eigenvalue weighted by Gasteiger charge is -2.49. The molecule has 2 fully saturated rings. The van der Waals surface area contributed by atoms with E-state index in [9.17, 15) is 22.9 Å². The summed E-state index contributed by atoms with van der Waals surface area (Å²) < 4.78 is 42.9. The Morgan fingerprint density at radius 2 is 2.09 bits per heavy atom. The Hall–Kier alpha value is -2.07. The minimum atomic E-state index is -3.79. The molecule has 2 aliphatic rings. The fourth-order valence-electron chi connectivity index (χ4n) is 2.91. The summed E-state index contributed by atoms with van der Waals surface area (Å²) in [6.45, 7) is 1.18. The molecule has 2 aliphatic heterocycles. The Labute approximate surface area is 131 Å². The van der Waals surface area contributed by atoms with Crippen molar-refractivity contribution in [3.8, 4) is 0 Å². The molecule has 1 spiro atoms. The molecule has 0 saturated carbocycles. The molecular weight excluding hydrogens is 329 g/mol. The molecule has 10 heteroatoms. The van der Waals surface area contributed by atoms with Gasteiger partial charge in [0.2, 0.25) is 0 Å². The topological polar surface area (TPSA) is 122 Å². The van der Waals surface area contributed by atoms with Crippen molar-refractivity contribution in [2.45, 2.75) is 17.2 Å². The van der Waals surface area contributed by atoms with Gasteiger partial charge in [0.05, 0.1) is 29.4 Å². The lowest BCUT2D eigenvalue weighted by molar-refractivity contribution is -0.385. The van der Waals surface area contributed by atoms with Gasteiger partial charge in [0.15, 0.2) is 14.6 Å². The van der Waals surface area contributed by atoms with E-state index in [0.29, 0.717) is 0 Å². The van der Waals surface area contributed by atoms with Gasteiger partial charge in [-0.25, -0.2) is 12.8 Å². The van der Waals surface area contributed by atoms with E-state index in [0.717, 1.165) is 18.2 Å². The first-order chi connectivity index (χ1) is 10.6. The van der Waals surface area contributed by atoms with E-state index >= 15 is 0 Å². The van der Waals surface area contributed by atoms with Crippen LogP contribution in [0.3, 0.4) is 0 Å². The zero-order valence-electron chi connectivity index (χ0n) is 12.1. The summed E-state index contributed by atoms with van der Waals surface area (Å²) in [4.78, 5) is 10.2. The van der Waals surface area contributed by atoms with Crippen LogP contribution >= 0.6 is 0 Å². The first kappa shape index (κ1) is 15.8. The number of hydrogen-bond acceptors (Lipinski definition) is 6. The van der Waals surface area contributed by atoms with E-state index in [-0.39, 0.29) is 30.3 Å². The van der Waals surface area contributed by atoms with E-state index in [4.69, 9.17) is 10.1 Å². The van der Waals surface area contributed by atoms with Crippen LogP contribution in [-0.2, 0) is 20.1 Å². The molecular formula is C13H14FN3O5S. The number of ether oxygens (including phenoxy) is 1. The molecule has 1 atom stereocenters. The summed E-state index contributed by atoms with van der Waals surface area (Å²) in [6.07, 6.45) is 0. The fourth-order valence-corrected chi connectivity index (χ4v) is 5.06. The van der Waals surface area contributed by atoms with Crippen molar-refractivity contribution in [3.05, 3.63) is 39.7 Å². The molecule has 8 nitrogen and oxygen atoms in total. The average Bonchev–Trinajstić information content (AvgIpc) is 2.34.